The van der Waals surface area contributed by atoms with E-state index >= 15 is 0 Å². The SMILES string of the molecule is COc1ccc(NC(=O)Cc2c(C)noc2C)cc1Cl. The van der Waals surface area contributed by atoms with Crippen LogP contribution in [0.15, 0.2) is 22.7 Å². The van der Waals surface area contributed by atoms with Gasteiger partial charge in [0.1, 0.15) is 11.5 Å². The minimum atomic E-state index is -0.152. The van der Waals surface area contributed by atoms with E-state index in [1.165, 1.54) is 7.11 Å². The number of carbonyl (C=O) groups is 1. The van der Waals surface area contributed by atoms with Crippen LogP contribution in [0.2, 0.25) is 5.02 Å². The van der Waals surface area contributed by atoms with Crippen molar-refractivity contribution in [3.63, 3.8) is 0 Å². The molecule has 2 aromatic rings. The molecule has 1 aromatic carbocycles. The fourth-order valence-corrected chi connectivity index (χ4v) is 2.12. The fraction of sp³-hybridized carbons (Fsp3) is 0.286. The summed E-state index contributed by atoms with van der Waals surface area (Å²) < 4.78 is 10.1. The molecule has 0 atom stereocenters. The van der Waals surface area contributed by atoms with E-state index in [0.717, 1.165) is 11.3 Å². The Morgan fingerprint density at radius 2 is 2.20 bits per heavy atom. The predicted molar refractivity (Wildman–Crippen MR) is 76.3 cm³/mol. The highest BCUT2D eigenvalue weighted by atomic mass is 35.5. The Balaban J connectivity index is 2.07. The van der Waals surface area contributed by atoms with Crippen molar-refractivity contribution in [1.29, 1.82) is 0 Å². The number of methoxy groups -OCH3 is 1. The second kappa shape index (κ2) is 5.96. The number of ether oxygens (including phenoxy) is 1. The number of halogens is 1. The summed E-state index contributed by atoms with van der Waals surface area (Å²) in [5.41, 5.74) is 2.15. The first-order valence-corrected chi connectivity index (χ1v) is 6.44. The molecule has 1 aromatic heterocycles. The van der Waals surface area contributed by atoms with Crippen LogP contribution in [-0.2, 0) is 11.2 Å². The number of rotatable bonds is 4. The van der Waals surface area contributed by atoms with Crippen LogP contribution >= 0.6 is 11.6 Å². The molecule has 20 heavy (non-hydrogen) atoms. The molecular weight excluding hydrogens is 280 g/mol. The number of anilines is 1. The first-order chi connectivity index (χ1) is 9.51. The van der Waals surface area contributed by atoms with Gasteiger partial charge in [-0.25, -0.2) is 0 Å². The molecule has 0 fully saturated rings. The minimum absolute atomic E-state index is 0.152. The van der Waals surface area contributed by atoms with Crippen molar-refractivity contribution < 1.29 is 14.1 Å². The van der Waals surface area contributed by atoms with E-state index in [2.05, 4.69) is 10.5 Å². The average Bonchev–Trinajstić information content (AvgIpc) is 2.71. The Bertz CT molecular complexity index is 618. The van der Waals surface area contributed by atoms with E-state index in [9.17, 15) is 4.79 Å². The summed E-state index contributed by atoms with van der Waals surface area (Å²) in [5, 5.41) is 7.05. The van der Waals surface area contributed by atoms with Gasteiger partial charge in [-0.2, -0.15) is 0 Å². The number of aryl methyl sites for hydroxylation is 2. The zero-order chi connectivity index (χ0) is 14.7. The summed E-state index contributed by atoms with van der Waals surface area (Å²) in [6, 6.07) is 5.08. The molecule has 0 aliphatic rings. The molecule has 0 spiro atoms. The lowest BCUT2D eigenvalue weighted by Gasteiger charge is -2.08. The molecule has 1 heterocycles. The van der Waals surface area contributed by atoms with E-state index in [4.69, 9.17) is 20.9 Å². The van der Waals surface area contributed by atoms with Gasteiger partial charge >= 0.3 is 0 Å². The Hall–Kier alpha value is -2.01. The summed E-state index contributed by atoms with van der Waals surface area (Å²) >= 11 is 6.00. The van der Waals surface area contributed by atoms with Crippen molar-refractivity contribution in [2.45, 2.75) is 20.3 Å². The average molecular weight is 295 g/mol. The monoisotopic (exact) mass is 294 g/mol. The second-order valence-corrected chi connectivity index (χ2v) is 4.78. The third kappa shape index (κ3) is 3.11. The molecule has 2 rings (SSSR count). The van der Waals surface area contributed by atoms with Crippen LogP contribution in [0.25, 0.3) is 0 Å². The van der Waals surface area contributed by atoms with E-state index < -0.39 is 0 Å². The van der Waals surface area contributed by atoms with Gasteiger partial charge in [-0.15, -0.1) is 0 Å². The molecular formula is C14H15ClN2O3. The largest absolute Gasteiger partial charge is 0.495 e. The van der Waals surface area contributed by atoms with Gasteiger partial charge in [0.15, 0.2) is 0 Å². The number of carbonyl (C=O) groups excluding carboxylic acids is 1. The zero-order valence-electron chi connectivity index (χ0n) is 11.5. The lowest BCUT2D eigenvalue weighted by molar-refractivity contribution is -0.115. The standard InChI is InChI=1S/C14H15ClN2O3/c1-8-11(9(2)20-17-8)7-14(18)16-10-4-5-13(19-3)12(15)6-10/h4-6H,7H2,1-3H3,(H,16,18). The molecule has 0 radical (unpaired) electrons. The number of benzene rings is 1. The fourth-order valence-electron chi connectivity index (χ4n) is 1.86. The lowest BCUT2D eigenvalue weighted by Crippen LogP contribution is -2.15. The van der Waals surface area contributed by atoms with Crippen molar-refractivity contribution >= 4 is 23.2 Å². The highest BCUT2D eigenvalue weighted by molar-refractivity contribution is 6.32. The highest BCUT2D eigenvalue weighted by Crippen LogP contribution is 2.27. The Morgan fingerprint density at radius 1 is 1.45 bits per heavy atom. The van der Waals surface area contributed by atoms with Gasteiger partial charge < -0.3 is 14.6 Å². The van der Waals surface area contributed by atoms with Crippen LogP contribution in [0.3, 0.4) is 0 Å². The van der Waals surface area contributed by atoms with Gasteiger partial charge in [0.2, 0.25) is 5.91 Å². The zero-order valence-corrected chi connectivity index (χ0v) is 12.2. The number of hydrogen-bond acceptors (Lipinski definition) is 4. The van der Waals surface area contributed by atoms with Gasteiger partial charge in [-0.1, -0.05) is 16.8 Å². The summed E-state index contributed by atoms with van der Waals surface area (Å²) in [5.74, 6) is 1.07. The maximum atomic E-state index is 12.0. The van der Waals surface area contributed by atoms with E-state index in [1.54, 1.807) is 25.1 Å². The molecule has 0 aliphatic heterocycles. The molecule has 0 saturated heterocycles. The third-order valence-corrected chi connectivity index (χ3v) is 3.25. The first kappa shape index (κ1) is 14.4. The van der Waals surface area contributed by atoms with Gasteiger partial charge in [0.05, 0.1) is 24.2 Å². The van der Waals surface area contributed by atoms with E-state index in [-0.39, 0.29) is 12.3 Å². The third-order valence-electron chi connectivity index (χ3n) is 2.95. The molecule has 5 nitrogen and oxygen atoms in total. The van der Waals surface area contributed by atoms with Crippen LogP contribution in [-0.4, -0.2) is 18.2 Å². The highest BCUT2D eigenvalue weighted by Gasteiger charge is 2.14. The lowest BCUT2D eigenvalue weighted by atomic mass is 10.1. The smallest absolute Gasteiger partial charge is 0.229 e. The molecule has 6 heteroatoms. The number of nitrogens with one attached hydrogen (secondary N) is 1. The maximum absolute atomic E-state index is 12.0. The van der Waals surface area contributed by atoms with Crippen molar-refractivity contribution in [3.8, 4) is 5.75 Å². The molecule has 1 N–H and O–H groups in total. The topological polar surface area (TPSA) is 64.4 Å². The van der Waals surface area contributed by atoms with Crippen LogP contribution < -0.4 is 10.1 Å². The van der Waals surface area contributed by atoms with Crippen LogP contribution in [0, 0.1) is 13.8 Å². The molecule has 0 saturated carbocycles. The molecule has 0 unspecified atom stereocenters. The Labute approximate surface area is 121 Å². The first-order valence-electron chi connectivity index (χ1n) is 6.06. The van der Waals surface area contributed by atoms with Crippen molar-refractivity contribution in [2.75, 3.05) is 12.4 Å². The summed E-state index contributed by atoms with van der Waals surface area (Å²) in [7, 11) is 1.54. The molecule has 0 bridgehead atoms. The maximum Gasteiger partial charge on any atom is 0.229 e. The van der Waals surface area contributed by atoms with Gasteiger partial charge in [0, 0.05) is 11.3 Å². The molecule has 1 amide bonds. The number of aromatic nitrogens is 1. The predicted octanol–water partition coefficient (Wildman–Crippen LogP) is 3.13. The Kier molecular flexibility index (Phi) is 4.29. The normalized spacial score (nSPS) is 10.4. The number of hydrogen-bond donors (Lipinski definition) is 1. The summed E-state index contributed by atoms with van der Waals surface area (Å²) in [4.78, 5) is 12.0. The van der Waals surface area contributed by atoms with E-state index in [0.29, 0.717) is 22.2 Å². The van der Waals surface area contributed by atoms with Crippen LogP contribution in [0.5, 0.6) is 5.75 Å². The quantitative estimate of drug-likeness (QED) is 0.941. The summed E-state index contributed by atoms with van der Waals surface area (Å²) in [6.07, 6.45) is 0.213. The van der Waals surface area contributed by atoms with Crippen LogP contribution in [0.1, 0.15) is 17.0 Å². The van der Waals surface area contributed by atoms with Crippen molar-refractivity contribution in [3.05, 3.63) is 40.2 Å². The molecule has 106 valence electrons. The van der Waals surface area contributed by atoms with Crippen molar-refractivity contribution in [1.82, 2.24) is 5.16 Å². The minimum Gasteiger partial charge on any atom is -0.495 e. The second-order valence-electron chi connectivity index (χ2n) is 4.38. The molecule has 0 aliphatic carbocycles. The number of amides is 1. The van der Waals surface area contributed by atoms with E-state index in [1.807, 2.05) is 6.92 Å². The number of nitrogens with zero attached hydrogens (tertiary/aromatic N) is 1. The van der Waals surface area contributed by atoms with Crippen LogP contribution in [0.4, 0.5) is 5.69 Å². The van der Waals surface area contributed by atoms with Crippen molar-refractivity contribution in [2.24, 2.45) is 0 Å². The van der Waals surface area contributed by atoms with Gasteiger partial charge in [-0.05, 0) is 32.0 Å². The van der Waals surface area contributed by atoms with Gasteiger partial charge in [-0.3, -0.25) is 4.79 Å². The summed E-state index contributed by atoms with van der Waals surface area (Å²) in [6.45, 7) is 3.59. The Morgan fingerprint density at radius 3 is 2.75 bits per heavy atom. The van der Waals surface area contributed by atoms with Gasteiger partial charge in [0.25, 0.3) is 0 Å².